The van der Waals surface area contributed by atoms with Crippen molar-refractivity contribution >= 4 is 33.4 Å². The van der Waals surface area contributed by atoms with Crippen LogP contribution in [0, 0.1) is 20.8 Å². The molecule has 0 saturated carbocycles. The van der Waals surface area contributed by atoms with Gasteiger partial charge in [-0.1, -0.05) is 48.0 Å². The summed E-state index contributed by atoms with van der Waals surface area (Å²) in [5.74, 6) is 0.361. The second-order valence-electron chi connectivity index (χ2n) is 7.56. The third kappa shape index (κ3) is 5.93. The molecule has 168 valence electrons. The number of carbonyl (C=O) groups is 1. The van der Waals surface area contributed by atoms with Crippen molar-refractivity contribution in [2.75, 3.05) is 23.1 Å². The van der Waals surface area contributed by atoms with Gasteiger partial charge in [0.1, 0.15) is 6.54 Å². The predicted octanol–water partition coefficient (Wildman–Crippen LogP) is 4.72. The van der Waals surface area contributed by atoms with Crippen LogP contribution in [0.25, 0.3) is 0 Å². The van der Waals surface area contributed by atoms with Gasteiger partial charge in [-0.25, -0.2) is 8.42 Å². The number of nitrogens with zero attached hydrogens (tertiary/aromatic N) is 1. The van der Waals surface area contributed by atoms with Gasteiger partial charge in [-0.2, -0.15) is 0 Å². The Hall–Kier alpha value is -2.77. The summed E-state index contributed by atoms with van der Waals surface area (Å²) >= 11 is 1.64. The van der Waals surface area contributed by atoms with Crippen LogP contribution in [-0.4, -0.2) is 33.2 Å². The second-order valence-corrected chi connectivity index (χ2v) is 10.6. The minimum absolute atomic E-state index is 0.163. The minimum Gasteiger partial charge on any atom is -0.354 e. The molecule has 32 heavy (non-hydrogen) atoms. The van der Waals surface area contributed by atoms with Gasteiger partial charge in [0, 0.05) is 17.2 Å². The lowest BCUT2D eigenvalue weighted by Crippen LogP contribution is -2.41. The van der Waals surface area contributed by atoms with Crippen molar-refractivity contribution in [3.8, 4) is 0 Å². The monoisotopic (exact) mass is 468 g/mol. The molecule has 3 aromatic carbocycles. The Bertz CT molecular complexity index is 1160. The maximum Gasteiger partial charge on any atom is 0.264 e. The molecule has 0 aliphatic carbocycles. The quantitative estimate of drug-likeness (QED) is 0.365. The Morgan fingerprint density at radius 2 is 1.59 bits per heavy atom. The Morgan fingerprint density at radius 3 is 2.28 bits per heavy atom. The predicted molar refractivity (Wildman–Crippen MR) is 132 cm³/mol. The summed E-state index contributed by atoms with van der Waals surface area (Å²) in [5.41, 5.74) is 3.28. The van der Waals surface area contributed by atoms with E-state index in [2.05, 4.69) is 5.32 Å². The summed E-state index contributed by atoms with van der Waals surface area (Å²) < 4.78 is 28.2. The molecule has 0 unspecified atom stereocenters. The zero-order chi connectivity index (χ0) is 23.1. The van der Waals surface area contributed by atoms with Crippen LogP contribution in [-0.2, 0) is 14.8 Å². The first kappa shape index (κ1) is 23.9. The molecule has 0 aliphatic heterocycles. The Balaban J connectivity index is 1.77. The molecule has 1 N–H and O–H groups in total. The number of anilines is 1. The topological polar surface area (TPSA) is 66.5 Å². The lowest BCUT2D eigenvalue weighted by molar-refractivity contribution is -0.119. The van der Waals surface area contributed by atoms with E-state index in [9.17, 15) is 13.2 Å². The lowest BCUT2D eigenvalue weighted by Gasteiger charge is -2.26. The molecular weight excluding hydrogens is 440 g/mol. The Labute approximate surface area is 194 Å². The number of hydrogen-bond acceptors (Lipinski definition) is 4. The van der Waals surface area contributed by atoms with E-state index >= 15 is 0 Å². The first-order valence-electron chi connectivity index (χ1n) is 10.4. The number of amides is 1. The minimum atomic E-state index is -3.91. The molecule has 0 radical (unpaired) electrons. The molecular formula is C25H28N2O3S2. The fourth-order valence-electron chi connectivity index (χ4n) is 3.21. The van der Waals surface area contributed by atoms with Gasteiger partial charge in [0.2, 0.25) is 5.91 Å². The SMILES string of the molecule is Cc1ccc(S(=O)(=O)N(CC(=O)NCCSc2ccccc2)c2cccc(C)c2C)cc1. The van der Waals surface area contributed by atoms with Gasteiger partial charge in [-0.3, -0.25) is 9.10 Å². The van der Waals surface area contributed by atoms with Crippen LogP contribution < -0.4 is 9.62 Å². The standard InChI is InChI=1S/C25H28N2O3S2/c1-19-12-14-23(15-13-19)32(29,30)27(24-11-7-8-20(2)21(24)3)18-25(28)26-16-17-31-22-9-5-4-6-10-22/h4-15H,16-18H2,1-3H3,(H,26,28). The average Bonchev–Trinajstić information content (AvgIpc) is 2.78. The summed E-state index contributed by atoms with van der Waals surface area (Å²) in [5, 5.41) is 2.85. The molecule has 0 aliphatic rings. The summed E-state index contributed by atoms with van der Waals surface area (Å²) in [7, 11) is -3.91. The fraction of sp³-hybridized carbons (Fsp3) is 0.240. The van der Waals surface area contributed by atoms with Crippen LogP contribution in [0.2, 0.25) is 0 Å². The van der Waals surface area contributed by atoms with Crippen LogP contribution >= 0.6 is 11.8 Å². The number of sulfonamides is 1. The van der Waals surface area contributed by atoms with Gasteiger partial charge in [0.15, 0.2) is 0 Å². The molecule has 0 heterocycles. The fourth-order valence-corrected chi connectivity index (χ4v) is 5.47. The molecule has 3 aromatic rings. The van der Waals surface area contributed by atoms with Gasteiger partial charge in [0.25, 0.3) is 10.0 Å². The molecule has 0 saturated heterocycles. The van der Waals surface area contributed by atoms with Gasteiger partial charge >= 0.3 is 0 Å². The van der Waals surface area contributed by atoms with E-state index in [1.54, 1.807) is 42.1 Å². The first-order chi connectivity index (χ1) is 15.3. The number of carbonyl (C=O) groups excluding carboxylic acids is 1. The van der Waals surface area contributed by atoms with Crippen LogP contribution in [0.1, 0.15) is 16.7 Å². The van der Waals surface area contributed by atoms with Crippen molar-refractivity contribution < 1.29 is 13.2 Å². The maximum atomic E-state index is 13.5. The van der Waals surface area contributed by atoms with Crippen molar-refractivity contribution in [3.05, 3.63) is 89.5 Å². The normalized spacial score (nSPS) is 11.2. The van der Waals surface area contributed by atoms with Crippen molar-refractivity contribution in [1.82, 2.24) is 5.32 Å². The molecule has 0 fully saturated rings. The number of hydrogen-bond donors (Lipinski definition) is 1. The van der Waals surface area contributed by atoms with Crippen LogP contribution in [0.5, 0.6) is 0 Å². The first-order valence-corrected chi connectivity index (χ1v) is 12.8. The summed E-state index contributed by atoms with van der Waals surface area (Å²) in [4.78, 5) is 14.0. The number of nitrogens with one attached hydrogen (secondary N) is 1. The van der Waals surface area contributed by atoms with E-state index in [0.717, 1.165) is 21.6 Å². The lowest BCUT2D eigenvalue weighted by atomic mass is 10.1. The van der Waals surface area contributed by atoms with E-state index in [0.29, 0.717) is 18.0 Å². The maximum absolute atomic E-state index is 13.5. The van der Waals surface area contributed by atoms with E-state index in [1.165, 1.54) is 4.31 Å². The summed E-state index contributed by atoms with van der Waals surface area (Å²) in [6.07, 6.45) is 0. The number of benzene rings is 3. The highest BCUT2D eigenvalue weighted by molar-refractivity contribution is 7.99. The molecule has 0 atom stereocenters. The summed E-state index contributed by atoms with van der Waals surface area (Å²) in [6.45, 7) is 5.87. The van der Waals surface area contributed by atoms with Gasteiger partial charge in [-0.05, 0) is 62.2 Å². The van der Waals surface area contributed by atoms with Crippen molar-refractivity contribution in [2.24, 2.45) is 0 Å². The largest absolute Gasteiger partial charge is 0.354 e. The molecule has 0 spiro atoms. The molecule has 3 rings (SSSR count). The van der Waals surface area contributed by atoms with E-state index in [4.69, 9.17) is 0 Å². The second kappa shape index (κ2) is 10.7. The van der Waals surface area contributed by atoms with Crippen molar-refractivity contribution in [3.63, 3.8) is 0 Å². The average molecular weight is 469 g/mol. The van der Waals surface area contributed by atoms with Crippen LogP contribution in [0.4, 0.5) is 5.69 Å². The molecule has 0 bridgehead atoms. The summed E-state index contributed by atoms with van der Waals surface area (Å²) in [6, 6.07) is 22.1. The van der Waals surface area contributed by atoms with Gasteiger partial charge in [-0.15, -0.1) is 11.8 Å². The van der Waals surface area contributed by atoms with Crippen molar-refractivity contribution in [1.29, 1.82) is 0 Å². The van der Waals surface area contributed by atoms with Crippen molar-refractivity contribution in [2.45, 2.75) is 30.6 Å². The van der Waals surface area contributed by atoms with Gasteiger partial charge in [0.05, 0.1) is 10.6 Å². The highest BCUT2D eigenvalue weighted by Gasteiger charge is 2.28. The van der Waals surface area contributed by atoms with Crippen LogP contribution in [0.15, 0.2) is 82.6 Å². The smallest absolute Gasteiger partial charge is 0.264 e. The number of rotatable bonds is 9. The Kier molecular flexibility index (Phi) is 7.99. The number of aryl methyl sites for hydroxylation is 2. The zero-order valence-corrected chi connectivity index (χ0v) is 20.2. The number of thioether (sulfide) groups is 1. The molecule has 1 amide bonds. The molecule has 7 heteroatoms. The molecule has 0 aromatic heterocycles. The van der Waals surface area contributed by atoms with E-state index < -0.39 is 10.0 Å². The highest BCUT2D eigenvalue weighted by Crippen LogP contribution is 2.28. The molecule has 5 nitrogen and oxygen atoms in total. The highest BCUT2D eigenvalue weighted by atomic mass is 32.2. The third-order valence-corrected chi connectivity index (χ3v) is 7.96. The third-order valence-electron chi connectivity index (χ3n) is 5.18. The zero-order valence-electron chi connectivity index (χ0n) is 18.5. The van der Waals surface area contributed by atoms with E-state index in [1.807, 2.05) is 63.2 Å². The van der Waals surface area contributed by atoms with E-state index in [-0.39, 0.29) is 17.3 Å². The van der Waals surface area contributed by atoms with Gasteiger partial charge < -0.3 is 5.32 Å². The van der Waals surface area contributed by atoms with Crippen LogP contribution in [0.3, 0.4) is 0 Å². The Morgan fingerprint density at radius 1 is 0.906 bits per heavy atom.